The molecule has 0 radical (unpaired) electrons. The second kappa shape index (κ2) is 7.88. The number of hydrogen-bond donors (Lipinski definition) is 1. The number of nitrogens with zero attached hydrogens (tertiary/aromatic N) is 1. The number of carbonyl (C=O) groups excluding carboxylic acids is 1. The number of Topliss-reactive ketones (excluding diaryl/α,β-unsaturated/α-hetero) is 1. The zero-order valence-electron chi connectivity index (χ0n) is 13.2. The predicted octanol–water partition coefficient (Wildman–Crippen LogP) is 5.10. The van der Waals surface area contributed by atoms with E-state index in [2.05, 4.69) is 10.3 Å². The number of hydrogen-bond acceptors (Lipinski definition) is 2. The molecule has 0 spiro atoms. The smallest absolute Gasteiger partial charge is 0.170 e. The van der Waals surface area contributed by atoms with E-state index in [4.69, 9.17) is 0 Å². The molecule has 3 heteroatoms. The van der Waals surface area contributed by atoms with Gasteiger partial charge in [0.1, 0.15) is 5.84 Å². The van der Waals surface area contributed by atoms with Crippen LogP contribution in [0.1, 0.15) is 16.8 Å². The van der Waals surface area contributed by atoms with Crippen LogP contribution in [0.15, 0.2) is 96.0 Å². The molecule has 3 nitrogen and oxygen atoms in total. The predicted molar refractivity (Wildman–Crippen MR) is 99.0 cm³/mol. The van der Waals surface area contributed by atoms with Gasteiger partial charge in [-0.2, -0.15) is 0 Å². The highest BCUT2D eigenvalue weighted by molar-refractivity contribution is 6.13. The molecular formula is C21H18N2O. The van der Waals surface area contributed by atoms with E-state index < -0.39 is 0 Å². The summed E-state index contributed by atoms with van der Waals surface area (Å²) in [6.45, 7) is 0. The molecule has 0 aliphatic rings. The van der Waals surface area contributed by atoms with Crippen molar-refractivity contribution in [3.63, 3.8) is 0 Å². The van der Waals surface area contributed by atoms with Crippen molar-refractivity contribution in [2.24, 2.45) is 4.99 Å². The van der Waals surface area contributed by atoms with E-state index in [0.29, 0.717) is 11.4 Å². The molecule has 0 aliphatic carbocycles. The van der Waals surface area contributed by atoms with E-state index in [1.165, 1.54) is 0 Å². The van der Waals surface area contributed by atoms with Gasteiger partial charge >= 0.3 is 0 Å². The van der Waals surface area contributed by atoms with Gasteiger partial charge in [-0.25, -0.2) is 4.99 Å². The van der Waals surface area contributed by atoms with Crippen molar-refractivity contribution in [3.8, 4) is 0 Å². The number of ketones is 1. The summed E-state index contributed by atoms with van der Waals surface area (Å²) in [7, 11) is 0. The third-order valence-corrected chi connectivity index (χ3v) is 3.51. The van der Waals surface area contributed by atoms with Gasteiger partial charge in [0.15, 0.2) is 5.78 Å². The monoisotopic (exact) mass is 314 g/mol. The molecule has 3 aromatic carbocycles. The Kier molecular flexibility index (Phi) is 5.15. The van der Waals surface area contributed by atoms with Crippen LogP contribution in [-0.2, 0) is 0 Å². The van der Waals surface area contributed by atoms with Crippen LogP contribution >= 0.6 is 0 Å². The number of benzene rings is 3. The largest absolute Gasteiger partial charge is 0.343 e. The van der Waals surface area contributed by atoms with E-state index >= 15 is 0 Å². The number of anilines is 1. The second-order valence-electron chi connectivity index (χ2n) is 5.35. The average molecular weight is 314 g/mol. The maximum atomic E-state index is 12.5. The van der Waals surface area contributed by atoms with E-state index in [1.54, 1.807) is 0 Å². The Morgan fingerprint density at radius 2 is 1.29 bits per heavy atom. The summed E-state index contributed by atoms with van der Waals surface area (Å²) in [6, 6.07) is 28.7. The van der Waals surface area contributed by atoms with Gasteiger partial charge < -0.3 is 5.32 Å². The van der Waals surface area contributed by atoms with Crippen LogP contribution in [0.4, 0.5) is 11.4 Å². The van der Waals surface area contributed by atoms with Crippen LogP contribution in [0, 0.1) is 0 Å². The Morgan fingerprint density at radius 1 is 0.750 bits per heavy atom. The van der Waals surface area contributed by atoms with Crippen molar-refractivity contribution >= 4 is 23.0 Å². The first-order chi connectivity index (χ1) is 11.8. The first kappa shape index (κ1) is 15.7. The molecular weight excluding hydrogens is 296 g/mol. The highest BCUT2D eigenvalue weighted by Crippen LogP contribution is 2.15. The van der Waals surface area contributed by atoms with E-state index in [9.17, 15) is 4.79 Å². The molecule has 0 fully saturated rings. The minimum atomic E-state index is 0.0358. The fourth-order valence-corrected chi connectivity index (χ4v) is 2.34. The average Bonchev–Trinajstić information content (AvgIpc) is 2.64. The van der Waals surface area contributed by atoms with Crippen LogP contribution in [0.25, 0.3) is 0 Å². The zero-order chi connectivity index (χ0) is 16.6. The minimum absolute atomic E-state index is 0.0358. The van der Waals surface area contributed by atoms with E-state index in [0.717, 1.165) is 11.4 Å². The van der Waals surface area contributed by atoms with Crippen molar-refractivity contribution < 1.29 is 4.79 Å². The lowest BCUT2D eigenvalue weighted by Crippen LogP contribution is -2.17. The summed E-state index contributed by atoms with van der Waals surface area (Å²) in [6.07, 6.45) is 0.216. The molecule has 3 rings (SSSR count). The summed E-state index contributed by atoms with van der Waals surface area (Å²) < 4.78 is 0. The van der Waals surface area contributed by atoms with Crippen LogP contribution in [0.2, 0.25) is 0 Å². The molecule has 0 heterocycles. The van der Waals surface area contributed by atoms with Gasteiger partial charge in [-0.15, -0.1) is 0 Å². The molecule has 24 heavy (non-hydrogen) atoms. The van der Waals surface area contributed by atoms with Gasteiger partial charge in [-0.3, -0.25) is 4.79 Å². The number of aliphatic imine (C=N–C) groups is 1. The van der Waals surface area contributed by atoms with Gasteiger partial charge in [0.25, 0.3) is 0 Å². The minimum Gasteiger partial charge on any atom is -0.343 e. The Labute approximate surface area is 141 Å². The van der Waals surface area contributed by atoms with Crippen LogP contribution in [0.3, 0.4) is 0 Å². The highest BCUT2D eigenvalue weighted by atomic mass is 16.1. The molecule has 0 bridgehead atoms. The van der Waals surface area contributed by atoms with E-state index in [-0.39, 0.29) is 12.2 Å². The Hall–Kier alpha value is -3.20. The lowest BCUT2D eigenvalue weighted by atomic mass is 10.1. The number of carbonyl (C=O) groups is 1. The molecule has 0 amide bonds. The summed E-state index contributed by atoms with van der Waals surface area (Å²) in [4.78, 5) is 17.1. The van der Waals surface area contributed by atoms with Gasteiger partial charge in [-0.1, -0.05) is 66.7 Å². The van der Waals surface area contributed by atoms with Crippen LogP contribution in [-0.4, -0.2) is 11.6 Å². The Bertz CT molecular complexity index is 812. The summed E-state index contributed by atoms with van der Waals surface area (Å²) in [5.74, 6) is 0.662. The van der Waals surface area contributed by atoms with Gasteiger partial charge in [0.2, 0.25) is 0 Å². The first-order valence-corrected chi connectivity index (χ1v) is 7.84. The normalized spacial score (nSPS) is 11.1. The number of amidine groups is 1. The van der Waals surface area contributed by atoms with Gasteiger partial charge in [0.05, 0.1) is 12.1 Å². The van der Waals surface area contributed by atoms with Crippen LogP contribution in [0.5, 0.6) is 0 Å². The van der Waals surface area contributed by atoms with Crippen molar-refractivity contribution in [2.75, 3.05) is 5.32 Å². The summed E-state index contributed by atoms with van der Waals surface area (Å²) in [5.41, 5.74) is 2.41. The molecule has 0 aliphatic heterocycles. The van der Waals surface area contributed by atoms with Gasteiger partial charge in [0, 0.05) is 11.3 Å². The molecule has 0 saturated carbocycles. The number of rotatable bonds is 5. The van der Waals surface area contributed by atoms with Crippen molar-refractivity contribution in [1.82, 2.24) is 0 Å². The molecule has 0 saturated heterocycles. The SMILES string of the molecule is O=C(CC(=Nc1ccccc1)Nc1ccccc1)c1ccccc1. The van der Waals surface area contributed by atoms with E-state index in [1.807, 2.05) is 91.0 Å². The molecule has 0 atom stereocenters. The van der Waals surface area contributed by atoms with Crippen molar-refractivity contribution in [2.45, 2.75) is 6.42 Å². The first-order valence-electron chi connectivity index (χ1n) is 7.84. The molecule has 0 unspecified atom stereocenters. The summed E-state index contributed by atoms with van der Waals surface area (Å²) >= 11 is 0. The second-order valence-corrected chi connectivity index (χ2v) is 5.35. The fraction of sp³-hybridized carbons (Fsp3) is 0.0476. The molecule has 118 valence electrons. The molecule has 0 aromatic heterocycles. The van der Waals surface area contributed by atoms with Crippen molar-refractivity contribution in [1.29, 1.82) is 0 Å². The Morgan fingerprint density at radius 3 is 1.92 bits per heavy atom. The third kappa shape index (κ3) is 4.40. The number of para-hydroxylation sites is 2. The highest BCUT2D eigenvalue weighted by Gasteiger charge is 2.10. The fourth-order valence-electron chi connectivity index (χ4n) is 2.34. The quantitative estimate of drug-likeness (QED) is 0.404. The lowest BCUT2D eigenvalue weighted by Gasteiger charge is -2.10. The van der Waals surface area contributed by atoms with Gasteiger partial charge in [-0.05, 0) is 24.3 Å². The lowest BCUT2D eigenvalue weighted by molar-refractivity contribution is 0.100. The zero-order valence-corrected chi connectivity index (χ0v) is 13.2. The van der Waals surface area contributed by atoms with Crippen molar-refractivity contribution in [3.05, 3.63) is 96.6 Å². The third-order valence-electron chi connectivity index (χ3n) is 3.51. The number of nitrogens with one attached hydrogen (secondary N) is 1. The summed E-state index contributed by atoms with van der Waals surface area (Å²) in [5, 5.41) is 3.26. The topological polar surface area (TPSA) is 41.5 Å². The Balaban J connectivity index is 1.84. The maximum Gasteiger partial charge on any atom is 0.170 e. The van der Waals surface area contributed by atoms with Crippen LogP contribution < -0.4 is 5.32 Å². The standard InChI is InChI=1S/C21H18N2O/c24-20(17-10-4-1-5-11-17)16-21(22-18-12-6-2-7-13-18)23-19-14-8-3-9-15-19/h1-15H,16H2,(H,22,23). The molecule has 1 N–H and O–H groups in total. The molecule has 3 aromatic rings. The maximum absolute atomic E-state index is 12.5.